The highest BCUT2D eigenvalue weighted by Crippen LogP contribution is 2.43. The van der Waals surface area contributed by atoms with Gasteiger partial charge in [0.25, 0.3) is 0 Å². The Morgan fingerprint density at radius 1 is 0.548 bits per heavy atom. The fourth-order valence-electron chi connectivity index (χ4n) is 6.46. The standard InChI is InChI=1S/C38H22N4/c1-40-32-23-26(41-33-17-7-2-12-27(33)28-13-3-8-18-34(28)41)22-25(24-39)38(32)31-16-6-11-21-37(31)42-35-19-9-4-14-29(35)30-15-5-10-20-36(30)42/h2-23H. The maximum Gasteiger partial charge on any atom is 0.198 e. The predicted molar refractivity (Wildman–Crippen MR) is 172 cm³/mol. The van der Waals surface area contributed by atoms with Gasteiger partial charge in [0.2, 0.25) is 0 Å². The highest BCUT2D eigenvalue weighted by atomic mass is 15.0. The van der Waals surface area contributed by atoms with Gasteiger partial charge in [0.05, 0.1) is 46.0 Å². The second kappa shape index (κ2) is 9.24. The predicted octanol–water partition coefficient (Wildman–Crippen LogP) is 9.97. The van der Waals surface area contributed by atoms with Crippen LogP contribution in [0.1, 0.15) is 5.56 Å². The molecule has 0 atom stereocenters. The van der Waals surface area contributed by atoms with E-state index >= 15 is 0 Å². The fraction of sp³-hybridized carbons (Fsp3) is 0. The first kappa shape index (κ1) is 23.8. The maximum atomic E-state index is 10.5. The number of nitrogens with zero attached hydrogens (tertiary/aromatic N) is 4. The Morgan fingerprint density at radius 2 is 1.00 bits per heavy atom. The Bertz CT molecular complexity index is 2300. The molecule has 4 heteroatoms. The molecule has 0 aliphatic carbocycles. The van der Waals surface area contributed by atoms with Crippen molar-refractivity contribution in [1.29, 1.82) is 5.26 Å². The van der Waals surface area contributed by atoms with Gasteiger partial charge < -0.3 is 9.13 Å². The molecule has 0 saturated carbocycles. The first-order valence-corrected chi connectivity index (χ1v) is 13.8. The largest absolute Gasteiger partial charge is 0.310 e. The molecule has 8 aromatic rings. The van der Waals surface area contributed by atoms with Gasteiger partial charge in [-0.3, -0.25) is 0 Å². The molecule has 0 saturated heterocycles. The average Bonchev–Trinajstić information content (AvgIpc) is 3.57. The second-order valence-corrected chi connectivity index (χ2v) is 10.4. The van der Waals surface area contributed by atoms with Crippen molar-refractivity contribution in [3.8, 4) is 28.6 Å². The van der Waals surface area contributed by atoms with Gasteiger partial charge in [-0.05, 0) is 48.0 Å². The lowest BCUT2D eigenvalue weighted by Gasteiger charge is -2.17. The van der Waals surface area contributed by atoms with Gasteiger partial charge in [0, 0.05) is 32.8 Å². The van der Waals surface area contributed by atoms with Gasteiger partial charge in [-0.1, -0.05) is 91.0 Å². The molecule has 42 heavy (non-hydrogen) atoms. The fourth-order valence-corrected chi connectivity index (χ4v) is 6.46. The second-order valence-electron chi connectivity index (χ2n) is 10.4. The molecule has 0 amide bonds. The first-order chi connectivity index (χ1) is 20.8. The topological polar surface area (TPSA) is 38.0 Å². The molecular weight excluding hydrogens is 512 g/mol. The number of rotatable bonds is 3. The third-order valence-electron chi connectivity index (χ3n) is 8.18. The minimum Gasteiger partial charge on any atom is -0.310 e. The quantitative estimate of drug-likeness (QED) is 0.208. The van der Waals surface area contributed by atoms with E-state index in [0.717, 1.165) is 60.5 Å². The number of aromatic nitrogens is 2. The van der Waals surface area contributed by atoms with Crippen molar-refractivity contribution in [3.63, 3.8) is 0 Å². The molecule has 2 heterocycles. The Hall–Kier alpha value is -6.10. The molecule has 4 nitrogen and oxygen atoms in total. The molecule has 0 bridgehead atoms. The molecule has 0 N–H and O–H groups in total. The van der Waals surface area contributed by atoms with Crippen molar-refractivity contribution >= 4 is 49.3 Å². The molecule has 6 aromatic carbocycles. The summed E-state index contributed by atoms with van der Waals surface area (Å²) in [4.78, 5) is 4.01. The molecular formula is C38H22N4. The highest BCUT2D eigenvalue weighted by molar-refractivity contribution is 6.11. The first-order valence-electron chi connectivity index (χ1n) is 13.8. The lowest BCUT2D eigenvalue weighted by molar-refractivity contribution is 1.17. The van der Waals surface area contributed by atoms with Crippen LogP contribution in [0.5, 0.6) is 0 Å². The summed E-state index contributed by atoms with van der Waals surface area (Å²) in [7, 11) is 0. The Kier molecular flexibility index (Phi) is 5.22. The SMILES string of the molecule is [C-]#[N+]c1cc(-n2c3ccccc3c3ccccc32)cc(C#N)c1-c1ccccc1-n1c2ccccc2c2ccccc21. The van der Waals surface area contributed by atoms with Crippen molar-refractivity contribution in [3.05, 3.63) is 150 Å². The number of hydrogen-bond acceptors (Lipinski definition) is 1. The van der Waals surface area contributed by atoms with E-state index in [4.69, 9.17) is 6.57 Å². The zero-order valence-electron chi connectivity index (χ0n) is 22.5. The third-order valence-corrected chi connectivity index (χ3v) is 8.18. The van der Waals surface area contributed by atoms with Crippen molar-refractivity contribution in [1.82, 2.24) is 9.13 Å². The van der Waals surface area contributed by atoms with E-state index in [1.165, 1.54) is 0 Å². The Morgan fingerprint density at radius 3 is 1.50 bits per heavy atom. The number of nitriles is 1. The summed E-state index contributed by atoms with van der Waals surface area (Å²) in [6, 6.07) is 47.6. The average molecular weight is 535 g/mol. The molecule has 0 fully saturated rings. The minimum absolute atomic E-state index is 0.444. The molecule has 8 rings (SSSR count). The Balaban J connectivity index is 1.43. The van der Waals surface area contributed by atoms with Gasteiger partial charge in [0.1, 0.15) is 0 Å². The van der Waals surface area contributed by atoms with Gasteiger partial charge in [-0.2, -0.15) is 5.26 Å². The number of hydrogen-bond donors (Lipinski definition) is 0. The van der Waals surface area contributed by atoms with Crippen LogP contribution in [-0.4, -0.2) is 9.13 Å². The van der Waals surface area contributed by atoms with Crippen LogP contribution in [0.15, 0.2) is 133 Å². The van der Waals surface area contributed by atoms with Crippen LogP contribution in [0.25, 0.3) is 71.0 Å². The number of benzene rings is 6. The molecule has 0 radical (unpaired) electrons. The zero-order chi connectivity index (χ0) is 28.2. The molecule has 0 aliphatic heterocycles. The molecule has 0 spiro atoms. The molecule has 2 aromatic heterocycles. The monoisotopic (exact) mass is 534 g/mol. The minimum atomic E-state index is 0.444. The normalized spacial score (nSPS) is 11.3. The van der Waals surface area contributed by atoms with Crippen molar-refractivity contribution < 1.29 is 0 Å². The smallest absolute Gasteiger partial charge is 0.198 e. The van der Waals surface area contributed by atoms with E-state index in [0.29, 0.717) is 16.8 Å². The van der Waals surface area contributed by atoms with E-state index in [2.05, 4.69) is 86.8 Å². The van der Waals surface area contributed by atoms with Crippen LogP contribution in [0.3, 0.4) is 0 Å². The van der Waals surface area contributed by atoms with Crippen LogP contribution in [0.2, 0.25) is 0 Å². The van der Waals surface area contributed by atoms with Gasteiger partial charge >= 0.3 is 0 Å². The Labute approximate surface area is 242 Å². The summed E-state index contributed by atoms with van der Waals surface area (Å²) in [5, 5.41) is 15.1. The van der Waals surface area contributed by atoms with Gasteiger partial charge in [0.15, 0.2) is 5.69 Å². The van der Waals surface area contributed by atoms with Crippen LogP contribution < -0.4 is 0 Å². The van der Waals surface area contributed by atoms with E-state index in [9.17, 15) is 5.26 Å². The van der Waals surface area contributed by atoms with Crippen LogP contribution in [0.4, 0.5) is 5.69 Å². The third kappa shape index (κ3) is 3.33. The summed E-state index contributed by atoms with van der Waals surface area (Å²) < 4.78 is 4.40. The van der Waals surface area contributed by atoms with Crippen molar-refractivity contribution in [2.75, 3.05) is 0 Å². The highest BCUT2D eigenvalue weighted by Gasteiger charge is 2.21. The number of para-hydroxylation sites is 5. The van der Waals surface area contributed by atoms with Gasteiger partial charge in [-0.25, -0.2) is 4.85 Å². The maximum absolute atomic E-state index is 10.5. The summed E-state index contributed by atoms with van der Waals surface area (Å²) in [6.07, 6.45) is 0. The molecule has 0 aliphatic rings. The van der Waals surface area contributed by atoms with E-state index in [1.807, 2.05) is 66.7 Å². The summed E-state index contributed by atoms with van der Waals surface area (Å²) in [6.45, 7) is 8.26. The lowest BCUT2D eigenvalue weighted by Crippen LogP contribution is -2.00. The van der Waals surface area contributed by atoms with E-state index in [-0.39, 0.29) is 0 Å². The molecule has 0 unspecified atom stereocenters. The molecule has 194 valence electrons. The van der Waals surface area contributed by atoms with Crippen LogP contribution in [-0.2, 0) is 0 Å². The summed E-state index contributed by atoms with van der Waals surface area (Å²) in [5.74, 6) is 0. The van der Waals surface area contributed by atoms with E-state index < -0.39 is 0 Å². The van der Waals surface area contributed by atoms with Gasteiger partial charge in [-0.15, -0.1) is 0 Å². The van der Waals surface area contributed by atoms with Crippen LogP contribution in [0, 0.1) is 17.9 Å². The van der Waals surface area contributed by atoms with Crippen LogP contribution >= 0.6 is 0 Å². The van der Waals surface area contributed by atoms with Crippen molar-refractivity contribution in [2.24, 2.45) is 0 Å². The van der Waals surface area contributed by atoms with E-state index in [1.54, 1.807) is 0 Å². The zero-order valence-corrected chi connectivity index (χ0v) is 22.5. The number of fused-ring (bicyclic) bond motifs is 6. The lowest BCUT2D eigenvalue weighted by atomic mass is 9.95. The summed E-state index contributed by atoms with van der Waals surface area (Å²) in [5.41, 5.74) is 8.37. The van der Waals surface area contributed by atoms with Crippen molar-refractivity contribution in [2.45, 2.75) is 0 Å². The summed E-state index contributed by atoms with van der Waals surface area (Å²) >= 11 is 0.